The Kier molecular flexibility index (Phi) is 4.75. The van der Waals surface area contributed by atoms with Gasteiger partial charge < -0.3 is 24.8 Å². The molecule has 0 radical (unpaired) electrons. The van der Waals surface area contributed by atoms with Gasteiger partial charge in [0.05, 0.1) is 0 Å². The smallest absolute Gasteiger partial charge is 0.387 e. The number of rotatable bonds is 5. The van der Waals surface area contributed by atoms with Crippen LogP contribution < -0.4 is 19.9 Å². The van der Waals surface area contributed by atoms with E-state index in [-0.39, 0.29) is 37.0 Å². The Morgan fingerprint density at radius 3 is 2.71 bits per heavy atom. The second-order valence-corrected chi connectivity index (χ2v) is 6.16. The molecule has 1 aliphatic carbocycles. The standard InChI is InChI=1S/C16H20F2N2O4/c1-20(15(21)9-2-3-11(19)4-9)7-10-5-13-14(23-8-22-13)6-12(10)24-16(17)18/h5-6,9,11,16H,2-4,7-8,19H2,1H3. The number of amides is 1. The number of carbonyl (C=O) groups is 1. The molecule has 0 spiro atoms. The lowest BCUT2D eigenvalue weighted by Crippen LogP contribution is -2.32. The van der Waals surface area contributed by atoms with E-state index >= 15 is 0 Å². The van der Waals surface area contributed by atoms with E-state index in [2.05, 4.69) is 4.74 Å². The van der Waals surface area contributed by atoms with E-state index in [0.29, 0.717) is 23.5 Å². The zero-order valence-electron chi connectivity index (χ0n) is 13.3. The zero-order chi connectivity index (χ0) is 17.3. The Morgan fingerprint density at radius 2 is 2.08 bits per heavy atom. The van der Waals surface area contributed by atoms with E-state index in [9.17, 15) is 13.6 Å². The molecule has 1 saturated carbocycles. The molecule has 8 heteroatoms. The fourth-order valence-corrected chi connectivity index (χ4v) is 3.18. The summed E-state index contributed by atoms with van der Waals surface area (Å²) in [6, 6.07) is 2.99. The number of alkyl halides is 2. The highest BCUT2D eigenvalue weighted by atomic mass is 19.3. The molecule has 1 fully saturated rings. The zero-order valence-corrected chi connectivity index (χ0v) is 13.3. The minimum Gasteiger partial charge on any atom is -0.454 e. The van der Waals surface area contributed by atoms with E-state index in [1.165, 1.54) is 11.0 Å². The minimum atomic E-state index is -2.96. The average molecular weight is 342 g/mol. The first-order valence-corrected chi connectivity index (χ1v) is 7.82. The molecule has 3 rings (SSSR count). The van der Waals surface area contributed by atoms with Gasteiger partial charge in [-0.05, 0) is 25.3 Å². The number of hydrogen-bond acceptors (Lipinski definition) is 5. The largest absolute Gasteiger partial charge is 0.454 e. The molecular weight excluding hydrogens is 322 g/mol. The summed E-state index contributed by atoms with van der Waals surface area (Å²) in [5.41, 5.74) is 6.29. The quantitative estimate of drug-likeness (QED) is 0.887. The number of hydrogen-bond donors (Lipinski definition) is 1. The van der Waals surface area contributed by atoms with Crippen molar-refractivity contribution >= 4 is 5.91 Å². The molecular formula is C16H20F2N2O4. The van der Waals surface area contributed by atoms with Gasteiger partial charge in [0.2, 0.25) is 12.7 Å². The molecule has 0 saturated heterocycles. The van der Waals surface area contributed by atoms with Crippen LogP contribution in [0.25, 0.3) is 0 Å². The van der Waals surface area contributed by atoms with E-state index in [1.54, 1.807) is 13.1 Å². The first-order valence-electron chi connectivity index (χ1n) is 7.82. The van der Waals surface area contributed by atoms with Gasteiger partial charge in [-0.1, -0.05) is 0 Å². The molecule has 2 aliphatic rings. The van der Waals surface area contributed by atoms with Gasteiger partial charge in [-0.25, -0.2) is 0 Å². The number of benzene rings is 1. The molecule has 2 N–H and O–H groups in total. The van der Waals surface area contributed by atoms with E-state index in [4.69, 9.17) is 15.2 Å². The first-order chi connectivity index (χ1) is 11.4. The minimum absolute atomic E-state index is 0.0166. The normalized spacial score (nSPS) is 22.0. The van der Waals surface area contributed by atoms with Crippen molar-refractivity contribution in [2.45, 2.75) is 38.5 Å². The number of carbonyl (C=O) groups excluding carboxylic acids is 1. The van der Waals surface area contributed by atoms with Gasteiger partial charge in [0.15, 0.2) is 11.5 Å². The number of fused-ring (bicyclic) bond motifs is 1. The predicted octanol–water partition coefficient (Wildman–Crippen LogP) is 2.10. The third kappa shape index (κ3) is 3.53. The third-order valence-electron chi connectivity index (χ3n) is 4.38. The highest BCUT2D eigenvalue weighted by Gasteiger charge is 2.30. The summed E-state index contributed by atoms with van der Waals surface area (Å²) in [5.74, 6) is 0.639. The van der Waals surface area contributed by atoms with Crippen molar-refractivity contribution < 1.29 is 27.8 Å². The van der Waals surface area contributed by atoms with E-state index in [1.807, 2.05) is 0 Å². The number of nitrogens with two attached hydrogens (primary N) is 1. The third-order valence-corrected chi connectivity index (χ3v) is 4.38. The van der Waals surface area contributed by atoms with Crippen LogP contribution in [-0.2, 0) is 11.3 Å². The van der Waals surface area contributed by atoms with Crippen LogP contribution in [-0.4, -0.2) is 37.3 Å². The van der Waals surface area contributed by atoms with Crippen LogP contribution in [0, 0.1) is 5.92 Å². The molecule has 1 aliphatic heterocycles. The van der Waals surface area contributed by atoms with Crippen molar-refractivity contribution in [2.75, 3.05) is 13.8 Å². The monoisotopic (exact) mass is 342 g/mol. The van der Waals surface area contributed by atoms with Gasteiger partial charge >= 0.3 is 6.61 Å². The van der Waals surface area contributed by atoms with Crippen molar-refractivity contribution in [3.8, 4) is 17.2 Å². The molecule has 132 valence electrons. The van der Waals surface area contributed by atoms with Crippen molar-refractivity contribution in [3.05, 3.63) is 17.7 Å². The highest BCUT2D eigenvalue weighted by molar-refractivity contribution is 5.79. The predicted molar refractivity (Wildman–Crippen MR) is 81.0 cm³/mol. The molecule has 1 aromatic carbocycles. The lowest BCUT2D eigenvalue weighted by molar-refractivity contribution is -0.134. The van der Waals surface area contributed by atoms with Crippen LogP contribution in [0.4, 0.5) is 8.78 Å². The van der Waals surface area contributed by atoms with Crippen molar-refractivity contribution in [1.29, 1.82) is 0 Å². The number of nitrogens with zero attached hydrogens (tertiary/aromatic N) is 1. The molecule has 0 aromatic heterocycles. The second-order valence-electron chi connectivity index (χ2n) is 6.16. The molecule has 2 atom stereocenters. The average Bonchev–Trinajstić information content (AvgIpc) is 3.14. The summed E-state index contributed by atoms with van der Waals surface area (Å²) in [4.78, 5) is 14.0. The maximum Gasteiger partial charge on any atom is 0.387 e. The molecule has 24 heavy (non-hydrogen) atoms. The van der Waals surface area contributed by atoms with E-state index < -0.39 is 6.61 Å². The molecule has 1 heterocycles. The van der Waals surface area contributed by atoms with Gasteiger partial charge in [0.25, 0.3) is 0 Å². The van der Waals surface area contributed by atoms with Gasteiger partial charge in [-0.15, -0.1) is 0 Å². The summed E-state index contributed by atoms with van der Waals surface area (Å²) < 4.78 is 40.3. The summed E-state index contributed by atoms with van der Waals surface area (Å²) >= 11 is 0. The fraction of sp³-hybridized carbons (Fsp3) is 0.562. The van der Waals surface area contributed by atoms with Crippen LogP contribution in [0.3, 0.4) is 0 Å². The summed E-state index contributed by atoms with van der Waals surface area (Å²) in [6.07, 6.45) is 2.24. The first kappa shape index (κ1) is 16.8. The molecule has 1 amide bonds. The summed E-state index contributed by atoms with van der Waals surface area (Å²) in [6.45, 7) is -2.79. The Bertz CT molecular complexity index is 626. The van der Waals surface area contributed by atoms with Gasteiger partial charge in [-0.2, -0.15) is 8.78 Å². The van der Waals surface area contributed by atoms with Crippen molar-refractivity contribution in [2.24, 2.45) is 11.7 Å². The maximum atomic E-state index is 12.6. The second kappa shape index (κ2) is 6.80. The van der Waals surface area contributed by atoms with Gasteiger partial charge in [0, 0.05) is 37.2 Å². The van der Waals surface area contributed by atoms with Gasteiger partial charge in [0.1, 0.15) is 5.75 Å². The maximum absolute atomic E-state index is 12.6. The molecule has 1 aromatic rings. The number of ether oxygens (including phenoxy) is 3. The summed E-state index contributed by atoms with van der Waals surface area (Å²) in [5, 5.41) is 0. The summed E-state index contributed by atoms with van der Waals surface area (Å²) in [7, 11) is 1.64. The molecule has 0 bridgehead atoms. The Balaban J connectivity index is 1.76. The van der Waals surface area contributed by atoms with Crippen molar-refractivity contribution in [1.82, 2.24) is 4.90 Å². The van der Waals surface area contributed by atoms with E-state index in [0.717, 1.165) is 12.8 Å². The number of halogens is 2. The van der Waals surface area contributed by atoms with Crippen molar-refractivity contribution in [3.63, 3.8) is 0 Å². The lowest BCUT2D eigenvalue weighted by atomic mass is 10.1. The Morgan fingerprint density at radius 1 is 1.38 bits per heavy atom. The van der Waals surface area contributed by atoms with Crippen LogP contribution in [0.5, 0.6) is 17.2 Å². The molecule has 2 unspecified atom stereocenters. The van der Waals surface area contributed by atoms with Crippen LogP contribution >= 0.6 is 0 Å². The van der Waals surface area contributed by atoms with Gasteiger partial charge in [-0.3, -0.25) is 4.79 Å². The lowest BCUT2D eigenvalue weighted by Gasteiger charge is -2.22. The Labute approximate surface area is 138 Å². The van der Waals surface area contributed by atoms with Crippen LogP contribution in [0.15, 0.2) is 12.1 Å². The Hall–Kier alpha value is -2.09. The highest BCUT2D eigenvalue weighted by Crippen LogP contribution is 2.39. The molecule has 6 nitrogen and oxygen atoms in total. The van der Waals surface area contributed by atoms with Crippen LogP contribution in [0.2, 0.25) is 0 Å². The topological polar surface area (TPSA) is 74.0 Å². The fourth-order valence-electron chi connectivity index (χ4n) is 3.18. The SMILES string of the molecule is CN(Cc1cc2c(cc1OC(F)F)OCO2)C(=O)C1CCC(N)C1. The van der Waals surface area contributed by atoms with Crippen LogP contribution in [0.1, 0.15) is 24.8 Å².